The molecule has 23 heavy (non-hydrogen) atoms. The molecule has 0 amide bonds. The fourth-order valence-electron chi connectivity index (χ4n) is 2.42. The number of hydrogen-bond donors (Lipinski definition) is 2. The van der Waals surface area contributed by atoms with Crippen molar-refractivity contribution in [2.45, 2.75) is 26.8 Å². The van der Waals surface area contributed by atoms with E-state index in [4.69, 9.17) is 0 Å². The van der Waals surface area contributed by atoms with Crippen molar-refractivity contribution in [1.29, 1.82) is 0 Å². The summed E-state index contributed by atoms with van der Waals surface area (Å²) in [7, 11) is 2.00. The van der Waals surface area contributed by atoms with Gasteiger partial charge in [0.2, 0.25) is 0 Å². The van der Waals surface area contributed by atoms with Crippen LogP contribution in [0.1, 0.15) is 23.6 Å². The molecule has 1 heterocycles. The summed E-state index contributed by atoms with van der Waals surface area (Å²) in [6.07, 6.45) is 4.92. The van der Waals surface area contributed by atoms with Crippen LogP contribution in [0.4, 0.5) is 4.39 Å². The Kier molecular flexibility index (Phi) is 6.20. The summed E-state index contributed by atoms with van der Waals surface area (Å²) in [6.45, 7) is 6.20. The number of aryl methyl sites for hydroxylation is 2. The predicted octanol–water partition coefficient (Wildman–Crippen LogP) is 2.77. The number of benzene rings is 1. The van der Waals surface area contributed by atoms with E-state index in [0.29, 0.717) is 6.54 Å². The number of guanidine groups is 1. The Morgan fingerprint density at radius 2 is 2.09 bits per heavy atom. The van der Waals surface area contributed by atoms with Crippen LogP contribution in [0.15, 0.2) is 41.7 Å². The molecule has 124 valence electrons. The van der Waals surface area contributed by atoms with Gasteiger partial charge < -0.3 is 15.2 Å². The normalized spacial score (nSPS) is 11.6. The molecule has 2 aromatic rings. The molecular weight excluding hydrogens is 291 g/mol. The van der Waals surface area contributed by atoms with E-state index in [-0.39, 0.29) is 5.82 Å². The SMILES string of the molecule is CCNC(=NCc1ccn(C)c1)NCCc1ccc(F)cc1C. The summed E-state index contributed by atoms with van der Waals surface area (Å²) >= 11 is 0. The monoisotopic (exact) mass is 316 g/mol. The largest absolute Gasteiger partial charge is 0.357 e. The minimum absolute atomic E-state index is 0.183. The molecule has 0 bridgehead atoms. The molecular formula is C18H25FN4. The van der Waals surface area contributed by atoms with Gasteiger partial charge in [-0.05, 0) is 55.2 Å². The van der Waals surface area contributed by atoms with Gasteiger partial charge in [0.25, 0.3) is 0 Å². The zero-order valence-corrected chi connectivity index (χ0v) is 14.1. The standard InChI is InChI=1S/C18H25FN4/c1-4-20-18(22-12-15-8-10-23(3)13-15)21-9-7-16-5-6-17(19)11-14(16)2/h5-6,8,10-11,13H,4,7,9,12H2,1-3H3,(H2,20,21,22). The number of halogens is 1. The van der Waals surface area contributed by atoms with Crippen LogP contribution >= 0.6 is 0 Å². The highest BCUT2D eigenvalue weighted by Gasteiger charge is 2.02. The van der Waals surface area contributed by atoms with Crippen molar-refractivity contribution < 1.29 is 4.39 Å². The lowest BCUT2D eigenvalue weighted by Crippen LogP contribution is -2.38. The molecule has 0 saturated heterocycles. The maximum atomic E-state index is 13.1. The first kappa shape index (κ1) is 17.1. The molecule has 1 aromatic carbocycles. The summed E-state index contributed by atoms with van der Waals surface area (Å²) in [5.41, 5.74) is 3.31. The highest BCUT2D eigenvalue weighted by atomic mass is 19.1. The molecule has 0 aliphatic rings. The zero-order valence-electron chi connectivity index (χ0n) is 14.1. The van der Waals surface area contributed by atoms with Crippen molar-refractivity contribution in [3.8, 4) is 0 Å². The molecule has 5 heteroatoms. The number of nitrogens with zero attached hydrogens (tertiary/aromatic N) is 2. The van der Waals surface area contributed by atoms with E-state index in [1.807, 2.05) is 37.7 Å². The van der Waals surface area contributed by atoms with Gasteiger partial charge in [0.05, 0.1) is 6.54 Å². The van der Waals surface area contributed by atoms with Crippen LogP contribution in [0.2, 0.25) is 0 Å². The molecule has 0 radical (unpaired) electrons. The first-order valence-corrected chi connectivity index (χ1v) is 7.96. The lowest BCUT2D eigenvalue weighted by Gasteiger charge is -2.12. The molecule has 2 rings (SSSR count). The van der Waals surface area contributed by atoms with Gasteiger partial charge in [-0.15, -0.1) is 0 Å². The lowest BCUT2D eigenvalue weighted by atomic mass is 10.1. The Balaban J connectivity index is 1.88. The average molecular weight is 316 g/mol. The molecule has 2 N–H and O–H groups in total. The third-order valence-corrected chi connectivity index (χ3v) is 3.65. The van der Waals surface area contributed by atoms with Crippen LogP contribution in [-0.4, -0.2) is 23.6 Å². The van der Waals surface area contributed by atoms with Crippen molar-refractivity contribution in [1.82, 2.24) is 15.2 Å². The Hall–Kier alpha value is -2.30. The molecule has 0 spiro atoms. The minimum atomic E-state index is -0.183. The molecule has 0 aliphatic carbocycles. The summed E-state index contributed by atoms with van der Waals surface area (Å²) in [4.78, 5) is 4.59. The lowest BCUT2D eigenvalue weighted by molar-refractivity contribution is 0.625. The number of aliphatic imine (C=N–C) groups is 1. The van der Waals surface area contributed by atoms with Crippen molar-refractivity contribution in [2.24, 2.45) is 12.0 Å². The van der Waals surface area contributed by atoms with Gasteiger partial charge in [0, 0.05) is 32.5 Å². The van der Waals surface area contributed by atoms with Gasteiger partial charge in [-0.3, -0.25) is 0 Å². The Morgan fingerprint density at radius 3 is 2.74 bits per heavy atom. The second-order valence-corrected chi connectivity index (χ2v) is 5.63. The zero-order chi connectivity index (χ0) is 16.7. The second-order valence-electron chi connectivity index (χ2n) is 5.63. The first-order valence-electron chi connectivity index (χ1n) is 7.96. The van der Waals surface area contributed by atoms with Gasteiger partial charge in [-0.1, -0.05) is 6.07 Å². The van der Waals surface area contributed by atoms with Gasteiger partial charge in [0.1, 0.15) is 5.82 Å². The summed E-state index contributed by atoms with van der Waals surface area (Å²) < 4.78 is 15.1. The summed E-state index contributed by atoms with van der Waals surface area (Å²) in [6, 6.07) is 7.00. The van der Waals surface area contributed by atoms with Gasteiger partial charge in [0.15, 0.2) is 5.96 Å². The van der Waals surface area contributed by atoms with Crippen molar-refractivity contribution in [3.63, 3.8) is 0 Å². The molecule has 1 aromatic heterocycles. The second kappa shape index (κ2) is 8.36. The maximum Gasteiger partial charge on any atom is 0.191 e. The number of rotatable bonds is 6. The highest BCUT2D eigenvalue weighted by molar-refractivity contribution is 5.79. The van der Waals surface area contributed by atoms with E-state index in [1.165, 1.54) is 11.6 Å². The third kappa shape index (κ3) is 5.43. The Morgan fingerprint density at radius 1 is 1.26 bits per heavy atom. The minimum Gasteiger partial charge on any atom is -0.357 e. The van der Waals surface area contributed by atoms with Gasteiger partial charge in [-0.25, -0.2) is 9.38 Å². The van der Waals surface area contributed by atoms with Crippen molar-refractivity contribution >= 4 is 5.96 Å². The number of hydrogen-bond acceptors (Lipinski definition) is 1. The van der Waals surface area contributed by atoms with Crippen LogP contribution < -0.4 is 10.6 Å². The number of nitrogens with one attached hydrogen (secondary N) is 2. The Bertz CT molecular complexity index is 661. The van der Waals surface area contributed by atoms with Crippen LogP contribution in [0.5, 0.6) is 0 Å². The third-order valence-electron chi connectivity index (χ3n) is 3.65. The van der Waals surface area contributed by atoms with Crippen LogP contribution in [-0.2, 0) is 20.0 Å². The van der Waals surface area contributed by atoms with E-state index in [9.17, 15) is 4.39 Å². The quantitative estimate of drug-likeness (QED) is 0.635. The molecule has 0 aliphatic heterocycles. The number of aromatic nitrogens is 1. The predicted molar refractivity (Wildman–Crippen MR) is 93.1 cm³/mol. The Labute approximate surface area is 137 Å². The van der Waals surface area contributed by atoms with E-state index < -0.39 is 0 Å². The maximum absolute atomic E-state index is 13.1. The van der Waals surface area contributed by atoms with Crippen LogP contribution in [0, 0.1) is 12.7 Å². The molecule has 0 saturated carbocycles. The molecule has 0 atom stereocenters. The average Bonchev–Trinajstić information content (AvgIpc) is 2.92. The first-order chi connectivity index (χ1) is 11.1. The molecule has 0 fully saturated rings. The van der Waals surface area contributed by atoms with Crippen LogP contribution in [0.25, 0.3) is 0 Å². The van der Waals surface area contributed by atoms with Gasteiger partial charge in [-0.2, -0.15) is 0 Å². The molecule has 4 nitrogen and oxygen atoms in total. The summed E-state index contributed by atoms with van der Waals surface area (Å²) in [5.74, 6) is 0.619. The van der Waals surface area contributed by atoms with E-state index in [0.717, 1.165) is 36.6 Å². The van der Waals surface area contributed by atoms with E-state index >= 15 is 0 Å². The van der Waals surface area contributed by atoms with Crippen molar-refractivity contribution in [2.75, 3.05) is 13.1 Å². The van der Waals surface area contributed by atoms with Crippen molar-refractivity contribution in [3.05, 3.63) is 59.2 Å². The fourth-order valence-corrected chi connectivity index (χ4v) is 2.42. The summed E-state index contributed by atoms with van der Waals surface area (Å²) in [5, 5.41) is 6.57. The topological polar surface area (TPSA) is 41.4 Å². The smallest absolute Gasteiger partial charge is 0.191 e. The van der Waals surface area contributed by atoms with Gasteiger partial charge >= 0.3 is 0 Å². The fraction of sp³-hybridized carbons (Fsp3) is 0.389. The molecule has 0 unspecified atom stereocenters. The highest BCUT2D eigenvalue weighted by Crippen LogP contribution is 2.10. The van der Waals surface area contributed by atoms with Crippen LogP contribution in [0.3, 0.4) is 0 Å². The van der Waals surface area contributed by atoms with E-state index in [2.05, 4.69) is 27.9 Å². The van der Waals surface area contributed by atoms with E-state index in [1.54, 1.807) is 6.07 Å².